The van der Waals surface area contributed by atoms with Gasteiger partial charge >= 0.3 is 5.97 Å². The molecule has 0 spiro atoms. The Hall–Kier alpha value is -1.69. The Labute approximate surface area is 122 Å². The largest absolute Gasteiger partial charge is 0.481 e. The van der Waals surface area contributed by atoms with E-state index in [2.05, 4.69) is 30.9 Å². The fourth-order valence-electron chi connectivity index (χ4n) is 1.97. The lowest BCUT2D eigenvalue weighted by molar-refractivity contribution is -0.136. The highest BCUT2D eigenvalue weighted by molar-refractivity contribution is 7.12. The van der Waals surface area contributed by atoms with Crippen molar-refractivity contribution < 1.29 is 9.90 Å². The lowest BCUT2D eigenvalue weighted by Crippen LogP contribution is -2.12. The van der Waals surface area contributed by atoms with Crippen molar-refractivity contribution in [1.82, 2.24) is 14.8 Å². The van der Waals surface area contributed by atoms with Crippen LogP contribution in [0.3, 0.4) is 0 Å². The molecule has 0 atom stereocenters. The van der Waals surface area contributed by atoms with E-state index in [0.29, 0.717) is 0 Å². The fourth-order valence-corrected chi connectivity index (χ4v) is 3.03. The molecule has 0 aliphatic carbocycles. The van der Waals surface area contributed by atoms with E-state index >= 15 is 0 Å². The van der Waals surface area contributed by atoms with Crippen LogP contribution in [0.5, 0.6) is 0 Å². The Morgan fingerprint density at radius 1 is 1.40 bits per heavy atom. The van der Waals surface area contributed by atoms with Gasteiger partial charge in [0.1, 0.15) is 0 Å². The minimum absolute atomic E-state index is 0.00479. The summed E-state index contributed by atoms with van der Waals surface area (Å²) in [5.74, 6) is -0.842. The van der Waals surface area contributed by atoms with Gasteiger partial charge in [0.25, 0.3) is 0 Å². The van der Waals surface area contributed by atoms with Gasteiger partial charge in [-0.1, -0.05) is 20.8 Å². The molecule has 0 aromatic carbocycles. The minimum Gasteiger partial charge on any atom is -0.481 e. The number of carboxylic acid groups (broad SMARTS) is 1. The van der Waals surface area contributed by atoms with Crippen LogP contribution >= 0.6 is 11.3 Å². The monoisotopic (exact) mass is 293 g/mol. The average molecular weight is 293 g/mol. The number of aliphatic carboxylic acids is 1. The van der Waals surface area contributed by atoms with Crippen LogP contribution in [0.4, 0.5) is 0 Å². The van der Waals surface area contributed by atoms with E-state index in [1.165, 1.54) is 11.3 Å². The Bertz CT molecular complexity index is 650. The minimum atomic E-state index is -0.842. The molecule has 2 aromatic rings. The van der Waals surface area contributed by atoms with Gasteiger partial charge in [0, 0.05) is 22.1 Å². The summed E-state index contributed by atoms with van der Waals surface area (Å²) in [4.78, 5) is 15.5. The number of aromatic nitrogens is 3. The van der Waals surface area contributed by atoms with Crippen LogP contribution in [0.1, 0.15) is 43.4 Å². The summed E-state index contributed by atoms with van der Waals surface area (Å²) in [7, 11) is 0. The van der Waals surface area contributed by atoms with Gasteiger partial charge in [-0.2, -0.15) is 5.10 Å². The molecule has 0 saturated heterocycles. The first-order valence-electron chi connectivity index (χ1n) is 6.43. The van der Waals surface area contributed by atoms with Crippen LogP contribution in [-0.4, -0.2) is 25.8 Å². The highest BCUT2D eigenvalue weighted by Gasteiger charge is 2.21. The summed E-state index contributed by atoms with van der Waals surface area (Å²) in [5, 5.41) is 16.2. The van der Waals surface area contributed by atoms with Crippen LogP contribution in [-0.2, 0) is 16.6 Å². The molecule has 0 saturated carbocycles. The van der Waals surface area contributed by atoms with Gasteiger partial charge in [-0.3, -0.25) is 4.79 Å². The predicted molar refractivity (Wildman–Crippen MR) is 78.7 cm³/mol. The van der Waals surface area contributed by atoms with Gasteiger partial charge in [-0.05, 0) is 13.8 Å². The van der Waals surface area contributed by atoms with Gasteiger partial charge in [-0.15, -0.1) is 11.3 Å². The van der Waals surface area contributed by atoms with Crippen molar-refractivity contribution in [2.75, 3.05) is 0 Å². The normalized spacial score (nSPS) is 11.8. The second-order valence-corrected chi connectivity index (χ2v) is 6.73. The second-order valence-electron chi connectivity index (χ2n) is 5.90. The average Bonchev–Trinajstić information content (AvgIpc) is 2.88. The summed E-state index contributed by atoms with van der Waals surface area (Å²) in [6.45, 7) is 10.1. The molecule has 20 heavy (non-hydrogen) atoms. The van der Waals surface area contributed by atoms with E-state index in [1.54, 1.807) is 4.68 Å². The van der Waals surface area contributed by atoms with Gasteiger partial charge in [0.2, 0.25) is 5.13 Å². The van der Waals surface area contributed by atoms with Crippen molar-refractivity contribution in [2.45, 2.75) is 46.5 Å². The summed E-state index contributed by atoms with van der Waals surface area (Å²) in [6, 6.07) is 0. The van der Waals surface area contributed by atoms with E-state index in [-0.39, 0.29) is 11.8 Å². The van der Waals surface area contributed by atoms with Crippen LogP contribution in [0.25, 0.3) is 5.13 Å². The molecule has 0 fully saturated rings. The molecule has 0 aliphatic heterocycles. The highest BCUT2D eigenvalue weighted by Crippen LogP contribution is 2.27. The number of carboxylic acids is 1. The molecule has 1 N–H and O–H groups in total. The lowest BCUT2D eigenvalue weighted by atomic mass is 9.93. The maximum Gasteiger partial charge on any atom is 0.307 e. The number of hydrogen-bond acceptors (Lipinski definition) is 4. The van der Waals surface area contributed by atoms with Crippen LogP contribution in [0.15, 0.2) is 5.38 Å². The molecule has 2 heterocycles. The van der Waals surface area contributed by atoms with E-state index in [4.69, 9.17) is 5.11 Å². The molecule has 0 aliphatic rings. The molecular formula is C14H19N3O2S. The lowest BCUT2D eigenvalue weighted by Gasteiger charge is -2.14. The van der Waals surface area contributed by atoms with Gasteiger partial charge in [-0.25, -0.2) is 9.67 Å². The molecule has 2 aromatic heterocycles. The maximum atomic E-state index is 10.9. The zero-order chi connectivity index (χ0) is 15.1. The summed E-state index contributed by atoms with van der Waals surface area (Å²) >= 11 is 1.53. The van der Waals surface area contributed by atoms with E-state index in [1.807, 2.05) is 19.2 Å². The van der Waals surface area contributed by atoms with Crippen LogP contribution in [0.2, 0.25) is 0 Å². The number of carbonyl (C=O) groups is 1. The zero-order valence-corrected chi connectivity index (χ0v) is 13.2. The molecule has 6 heteroatoms. The highest BCUT2D eigenvalue weighted by atomic mass is 32.1. The SMILES string of the molecule is Cc1nn(-c2nc(C(C)(C)C)cs2)c(C)c1CC(=O)O. The summed E-state index contributed by atoms with van der Waals surface area (Å²) in [5.41, 5.74) is 3.38. The fraction of sp³-hybridized carbons (Fsp3) is 0.500. The first kappa shape index (κ1) is 14.7. The molecule has 5 nitrogen and oxygen atoms in total. The van der Waals surface area contributed by atoms with Gasteiger partial charge in [0.05, 0.1) is 17.8 Å². The second kappa shape index (κ2) is 5.01. The van der Waals surface area contributed by atoms with Gasteiger partial charge < -0.3 is 5.11 Å². The van der Waals surface area contributed by atoms with E-state index in [0.717, 1.165) is 27.8 Å². The molecule has 0 unspecified atom stereocenters. The summed E-state index contributed by atoms with van der Waals surface area (Å²) < 4.78 is 1.74. The topological polar surface area (TPSA) is 68.0 Å². The van der Waals surface area contributed by atoms with Gasteiger partial charge in [0.15, 0.2) is 0 Å². The molecule has 0 amide bonds. The van der Waals surface area contributed by atoms with Crippen molar-refractivity contribution in [1.29, 1.82) is 0 Å². The Morgan fingerprint density at radius 2 is 2.05 bits per heavy atom. The third-order valence-corrected chi connectivity index (χ3v) is 4.03. The third kappa shape index (κ3) is 2.75. The van der Waals surface area contributed by atoms with E-state index < -0.39 is 5.97 Å². The molecular weight excluding hydrogens is 274 g/mol. The first-order chi connectivity index (χ1) is 9.20. The molecule has 0 bridgehead atoms. The number of nitrogens with zero attached hydrogens (tertiary/aromatic N) is 3. The van der Waals surface area contributed by atoms with Crippen LogP contribution < -0.4 is 0 Å². The smallest absolute Gasteiger partial charge is 0.307 e. The van der Waals surface area contributed by atoms with Crippen LogP contribution in [0, 0.1) is 13.8 Å². The molecule has 2 rings (SSSR count). The quantitative estimate of drug-likeness (QED) is 0.945. The number of aryl methyl sites for hydroxylation is 1. The van der Waals surface area contributed by atoms with Crippen molar-refractivity contribution >= 4 is 17.3 Å². The third-order valence-electron chi connectivity index (χ3n) is 3.21. The van der Waals surface area contributed by atoms with Crippen molar-refractivity contribution in [3.63, 3.8) is 0 Å². The maximum absolute atomic E-state index is 10.9. The Balaban J connectivity index is 2.44. The zero-order valence-electron chi connectivity index (χ0n) is 12.4. The Kier molecular flexibility index (Phi) is 3.69. The number of thiazole rings is 1. The Morgan fingerprint density at radius 3 is 2.55 bits per heavy atom. The first-order valence-corrected chi connectivity index (χ1v) is 7.31. The standard InChI is InChI=1S/C14H19N3O2S/c1-8-10(6-12(18)19)9(2)17(16-8)13-15-11(7-20-13)14(3,4)5/h7H,6H2,1-5H3,(H,18,19). The molecule has 0 radical (unpaired) electrons. The molecule has 108 valence electrons. The van der Waals surface area contributed by atoms with Crippen molar-refractivity contribution in [3.8, 4) is 5.13 Å². The number of hydrogen-bond donors (Lipinski definition) is 1. The van der Waals surface area contributed by atoms with Crippen molar-refractivity contribution in [3.05, 3.63) is 28.0 Å². The van der Waals surface area contributed by atoms with E-state index in [9.17, 15) is 4.79 Å². The summed E-state index contributed by atoms with van der Waals surface area (Å²) in [6.07, 6.45) is -0.00479. The van der Waals surface area contributed by atoms with Crippen molar-refractivity contribution in [2.24, 2.45) is 0 Å². The number of rotatable bonds is 3. The predicted octanol–water partition coefficient (Wildman–Crippen LogP) is 2.87.